The number of nitrogens with zero attached hydrogens (tertiary/aromatic N) is 1. The van der Waals surface area contributed by atoms with Gasteiger partial charge in [-0.2, -0.15) is 5.01 Å². The summed E-state index contributed by atoms with van der Waals surface area (Å²) < 4.78 is 0. The van der Waals surface area contributed by atoms with Gasteiger partial charge in [-0.05, 0) is 49.2 Å². The summed E-state index contributed by atoms with van der Waals surface area (Å²) in [5.41, 5.74) is 2.50. The molecule has 1 saturated heterocycles. The molecule has 0 aromatic carbocycles. The molecule has 27 heavy (non-hydrogen) atoms. The Labute approximate surface area is 167 Å². The van der Waals surface area contributed by atoms with E-state index in [1.807, 2.05) is 0 Å². The number of carbonyl (C=O) groups is 2. The van der Waals surface area contributed by atoms with Gasteiger partial charge in [-0.15, -0.1) is 0 Å². The molecule has 1 heterocycles. The zero-order valence-electron chi connectivity index (χ0n) is 16.6. The van der Waals surface area contributed by atoms with Crippen molar-refractivity contribution in [1.29, 1.82) is 0 Å². The Morgan fingerprint density at radius 1 is 1.11 bits per heavy atom. The molecule has 1 aliphatic heterocycles. The fourth-order valence-corrected chi connectivity index (χ4v) is 6.17. The molecular formula is C21H31N3O2S. The average molecular weight is 390 g/mol. The maximum Gasteiger partial charge on any atom is 0.253 e. The number of hydrogen-bond acceptors (Lipinski definition) is 3. The van der Waals surface area contributed by atoms with Crippen LogP contribution >= 0.6 is 12.2 Å². The molecular weight excluding hydrogens is 358 g/mol. The van der Waals surface area contributed by atoms with Crippen LogP contribution in [0, 0.1) is 28.6 Å². The summed E-state index contributed by atoms with van der Waals surface area (Å²) in [6, 6.07) is 0.339. The Kier molecular flexibility index (Phi) is 4.60. The van der Waals surface area contributed by atoms with Crippen molar-refractivity contribution in [2.24, 2.45) is 28.6 Å². The van der Waals surface area contributed by atoms with Gasteiger partial charge in [0.1, 0.15) is 0 Å². The molecule has 4 aliphatic carbocycles. The van der Waals surface area contributed by atoms with Gasteiger partial charge in [-0.3, -0.25) is 15.0 Å². The molecule has 3 fully saturated rings. The van der Waals surface area contributed by atoms with Crippen molar-refractivity contribution in [3.8, 4) is 0 Å². The summed E-state index contributed by atoms with van der Waals surface area (Å²) in [5, 5.41) is 4.92. The molecule has 2 amide bonds. The minimum atomic E-state index is -0.281. The van der Waals surface area contributed by atoms with Crippen molar-refractivity contribution < 1.29 is 9.59 Å². The van der Waals surface area contributed by atoms with Gasteiger partial charge in [0.2, 0.25) is 0 Å². The van der Waals surface area contributed by atoms with E-state index in [2.05, 4.69) is 43.7 Å². The normalized spacial score (nSPS) is 38.4. The largest absolute Gasteiger partial charge is 0.359 e. The second-order valence-corrected chi connectivity index (χ2v) is 9.90. The Morgan fingerprint density at radius 3 is 2.37 bits per heavy atom. The van der Waals surface area contributed by atoms with E-state index in [1.54, 1.807) is 0 Å². The number of hydrogen-bond donors (Lipinski definition) is 2. The van der Waals surface area contributed by atoms with Gasteiger partial charge < -0.3 is 5.32 Å². The molecule has 5 nitrogen and oxygen atoms in total. The first-order valence-corrected chi connectivity index (χ1v) is 10.8. The fraction of sp³-hybridized carbons (Fsp3) is 0.762. The van der Waals surface area contributed by atoms with Crippen LogP contribution in [0.15, 0.2) is 12.2 Å². The van der Waals surface area contributed by atoms with E-state index in [-0.39, 0.29) is 34.5 Å². The maximum atomic E-state index is 13.3. The summed E-state index contributed by atoms with van der Waals surface area (Å²) in [6.45, 7) is 6.45. The monoisotopic (exact) mass is 389 g/mol. The number of imide groups is 1. The van der Waals surface area contributed by atoms with Crippen LogP contribution in [0.5, 0.6) is 0 Å². The summed E-state index contributed by atoms with van der Waals surface area (Å²) in [6.07, 6.45) is 12.2. The van der Waals surface area contributed by atoms with Crippen molar-refractivity contribution in [3.05, 3.63) is 12.2 Å². The zero-order valence-corrected chi connectivity index (χ0v) is 17.4. The second-order valence-electron chi connectivity index (χ2n) is 9.49. The van der Waals surface area contributed by atoms with Crippen LogP contribution in [-0.2, 0) is 9.59 Å². The summed E-state index contributed by atoms with van der Waals surface area (Å²) >= 11 is 5.44. The Hall–Kier alpha value is -1.43. The van der Waals surface area contributed by atoms with Gasteiger partial charge in [0, 0.05) is 11.5 Å². The highest BCUT2D eigenvalue weighted by molar-refractivity contribution is 7.80. The Morgan fingerprint density at radius 2 is 1.78 bits per heavy atom. The number of hydrazine groups is 1. The number of nitrogens with one attached hydrogen (secondary N) is 2. The molecule has 2 saturated carbocycles. The molecule has 0 aromatic heterocycles. The zero-order chi connectivity index (χ0) is 19.4. The molecule has 0 unspecified atom stereocenters. The van der Waals surface area contributed by atoms with Crippen molar-refractivity contribution in [3.63, 3.8) is 0 Å². The number of carbonyl (C=O) groups excluding carboxylic acids is 2. The van der Waals surface area contributed by atoms with E-state index in [0.717, 1.165) is 25.7 Å². The average Bonchev–Trinajstić information content (AvgIpc) is 2.90. The molecule has 148 valence electrons. The number of allylic oxidation sites excluding steroid dienone is 2. The first-order valence-electron chi connectivity index (χ1n) is 10.4. The van der Waals surface area contributed by atoms with Crippen LogP contribution in [0.3, 0.4) is 0 Å². The number of amides is 2. The van der Waals surface area contributed by atoms with Gasteiger partial charge in [0.05, 0.1) is 11.8 Å². The van der Waals surface area contributed by atoms with Crippen LogP contribution in [0.4, 0.5) is 0 Å². The first-order chi connectivity index (χ1) is 12.8. The Bertz CT molecular complexity index is 700. The van der Waals surface area contributed by atoms with Gasteiger partial charge in [0.15, 0.2) is 5.11 Å². The lowest BCUT2D eigenvalue weighted by Crippen LogP contribution is -2.53. The first kappa shape index (κ1) is 18.9. The molecule has 6 heteroatoms. The van der Waals surface area contributed by atoms with Crippen molar-refractivity contribution in [2.75, 3.05) is 0 Å². The number of thiocarbonyl (C=S) groups is 1. The minimum Gasteiger partial charge on any atom is -0.359 e. The predicted octanol–water partition coefficient (Wildman–Crippen LogP) is 3.31. The number of rotatable bonds is 3. The third kappa shape index (κ3) is 2.82. The van der Waals surface area contributed by atoms with Gasteiger partial charge >= 0.3 is 0 Å². The van der Waals surface area contributed by atoms with Crippen molar-refractivity contribution in [2.45, 2.75) is 71.8 Å². The molecule has 0 spiro atoms. The lowest BCUT2D eigenvalue weighted by Gasteiger charge is -2.55. The maximum absolute atomic E-state index is 13.3. The Balaban J connectivity index is 1.54. The topological polar surface area (TPSA) is 61.4 Å². The second kappa shape index (κ2) is 6.57. The third-order valence-electron chi connectivity index (χ3n) is 7.70. The van der Waals surface area contributed by atoms with E-state index < -0.39 is 0 Å². The fourth-order valence-electron chi connectivity index (χ4n) is 5.91. The van der Waals surface area contributed by atoms with Gasteiger partial charge in [-0.25, -0.2) is 0 Å². The van der Waals surface area contributed by atoms with Gasteiger partial charge in [-0.1, -0.05) is 52.2 Å². The quantitative estimate of drug-likeness (QED) is 0.440. The predicted molar refractivity (Wildman–Crippen MR) is 108 cm³/mol. The third-order valence-corrected chi connectivity index (χ3v) is 7.90. The van der Waals surface area contributed by atoms with E-state index in [1.165, 1.54) is 24.3 Å². The summed E-state index contributed by atoms with van der Waals surface area (Å²) in [5.74, 6) is -0.471. The smallest absolute Gasteiger partial charge is 0.253 e. The molecule has 2 bridgehead atoms. The summed E-state index contributed by atoms with van der Waals surface area (Å²) in [4.78, 5) is 26.6. The van der Waals surface area contributed by atoms with Gasteiger partial charge in [0.25, 0.3) is 11.8 Å². The van der Waals surface area contributed by atoms with Crippen LogP contribution < -0.4 is 10.7 Å². The van der Waals surface area contributed by atoms with E-state index in [9.17, 15) is 9.59 Å². The van der Waals surface area contributed by atoms with Crippen LogP contribution in [0.1, 0.15) is 65.7 Å². The molecule has 5 aliphatic rings. The van der Waals surface area contributed by atoms with Crippen molar-refractivity contribution in [1.82, 2.24) is 15.8 Å². The van der Waals surface area contributed by atoms with Crippen LogP contribution in [0.2, 0.25) is 0 Å². The van der Waals surface area contributed by atoms with Crippen LogP contribution in [-0.4, -0.2) is 28.0 Å². The number of fused-ring (bicyclic) bond motifs is 1. The van der Waals surface area contributed by atoms with E-state index in [4.69, 9.17) is 12.2 Å². The molecule has 2 N–H and O–H groups in total. The minimum absolute atomic E-state index is 0.109. The highest BCUT2D eigenvalue weighted by atomic mass is 32.1. The molecule has 5 rings (SSSR count). The standard InChI is InChI=1S/C21H31N3O2S/c1-13(2)21-11-9-20(3,10-12-21)15-16(21)18(26)24(17(15)25)23-19(27)22-14-7-5-4-6-8-14/h9,11,13-16H,4-8,10,12H2,1-3H3,(H2,22,23,27)/t15-,16+,20-,21+/m1/s1. The molecule has 0 aromatic rings. The lowest BCUT2D eigenvalue weighted by molar-refractivity contribution is -0.143. The van der Waals surface area contributed by atoms with E-state index in [0.29, 0.717) is 17.1 Å². The molecule has 0 radical (unpaired) electrons. The lowest BCUT2D eigenvalue weighted by atomic mass is 9.46. The highest BCUT2D eigenvalue weighted by Crippen LogP contribution is 2.63. The van der Waals surface area contributed by atoms with Crippen LogP contribution in [0.25, 0.3) is 0 Å². The van der Waals surface area contributed by atoms with E-state index >= 15 is 0 Å². The summed E-state index contributed by atoms with van der Waals surface area (Å²) in [7, 11) is 0. The van der Waals surface area contributed by atoms with Crippen molar-refractivity contribution >= 4 is 29.1 Å². The SMILES string of the molecule is CC(C)[C@]12C=C[C@](C)(CC1)[C@H]1C(=O)N(NC(=S)NC3CCCCC3)C(=O)[C@H]12. The molecule has 4 atom stereocenters. The highest BCUT2D eigenvalue weighted by Gasteiger charge is 2.67.